The van der Waals surface area contributed by atoms with Gasteiger partial charge in [-0.3, -0.25) is 4.79 Å². The molecular weight excluding hydrogens is 312 g/mol. The summed E-state index contributed by atoms with van der Waals surface area (Å²) in [5, 5.41) is 0.124. The van der Waals surface area contributed by atoms with E-state index < -0.39 is 0 Å². The van der Waals surface area contributed by atoms with Crippen molar-refractivity contribution in [3.63, 3.8) is 0 Å². The highest BCUT2D eigenvalue weighted by Gasteiger charge is 2.40. The van der Waals surface area contributed by atoms with E-state index in [2.05, 4.69) is 49.4 Å². The lowest BCUT2D eigenvalue weighted by atomic mass is 9.95. The molecule has 2 heteroatoms. The Morgan fingerprint density at radius 1 is 0.792 bits per heavy atom. The summed E-state index contributed by atoms with van der Waals surface area (Å²) in [6, 6.07) is 26.8. The molecule has 0 fully saturated rings. The number of ketones is 1. The molecule has 118 valence electrons. The SMILES string of the molecule is Cc1ccc(SC2c3ccccc3C(=O)C2c2ccccc2)cc1. The first-order chi connectivity index (χ1) is 11.7. The summed E-state index contributed by atoms with van der Waals surface area (Å²) in [6.45, 7) is 2.09. The molecule has 0 radical (unpaired) electrons. The second-order valence-corrected chi connectivity index (χ2v) is 7.41. The van der Waals surface area contributed by atoms with Crippen LogP contribution >= 0.6 is 11.8 Å². The molecule has 1 nitrogen and oxygen atoms in total. The van der Waals surface area contributed by atoms with Crippen LogP contribution < -0.4 is 0 Å². The smallest absolute Gasteiger partial charge is 0.172 e. The molecule has 0 N–H and O–H groups in total. The van der Waals surface area contributed by atoms with Crippen molar-refractivity contribution in [1.82, 2.24) is 0 Å². The predicted octanol–water partition coefficient (Wildman–Crippen LogP) is 5.81. The van der Waals surface area contributed by atoms with Crippen molar-refractivity contribution in [2.24, 2.45) is 0 Å². The van der Waals surface area contributed by atoms with Crippen molar-refractivity contribution in [2.45, 2.75) is 23.0 Å². The zero-order valence-corrected chi connectivity index (χ0v) is 14.3. The largest absolute Gasteiger partial charge is 0.293 e. The van der Waals surface area contributed by atoms with E-state index in [-0.39, 0.29) is 17.0 Å². The molecule has 0 spiro atoms. The number of Topliss-reactive ketones (excluding diaryl/α,β-unsaturated/α-hetero) is 1. The lowest BCUT2D eigenvalue weighted by Gasteiger charge is -2.19. The fourth-order valence-electron chi connectivity index (χ4n) is 3.34. The fourth-order valence-corrected chi connectivity index (χ4v) is 4.67. The normalized spacial score (nSPS) is 19.3. The van der Waals surface area contributed by atoms with Crippen LogP contribution in [-0.2, 0) is 0 Å². The molecule has 0 amide bonds. The number of thioether (sulfide) groups is 1. The molecule has 0 bridgehead atoms. The molecule has 3 aromatic carbocycles. The number of aryl methyl sites for hydroxylation is 1. The topological polar surface area (TPSA) is 17.1 Å². The van der Waals surface area contributed by atoms with Gasteiger partial charge in [-0.2, -0.15) is 0 Å². The van der Waals surface area contributed by atoms with E-state index in [1.807, 2.05) is 36.4 Å². The Morgan fingerprint density at radius 2 is 1.46 bits per heavy atom. The number of rotatable bonds is 3. The summed E-state index contributed by atoms with van der Waals surface area (Å²) in [6.07, 6.45) is 0. The second-order valence-electron chi connectivity index (χ2n) is 6.19. The van der Waals surface area contributed by atoms with E-state index in [0.29, 0.717) is 0 Å². The molecule has 1 aliphatic carbocycles. The Labute approximate surface area is 146 Å². The van der Waals surface area contributed by atoms with E-state index in [4.69, 9.17) is 0 Å². The Balaban J connectivity index is 1.77. The maximum Gasteiger partial charge on any atom is 0.172 e. The molecule has 4 rings (SSSR count). The number of hydrogen-bond donors (Lipinski definition) is 0. The highest BCUT2D eigenvalue weighted by atomic mass is 32.2. The van der Waals surface area contributed by atoms with Gasteiger partial charge in [0.05, 0.1) is 5.92 Å². The van der Waals surface area contributed by atoms with Gasteiger partial charge in [0.2, 0.25) is 0 Å². The summed E-state index contributed by atoms with van der Waals surface area (Å²) in [5.74, 6) is 0.122. The van der Waals surface area contributed by atoms with Gasteiger partial charge in [0.1, 0.15) is 0 Å². The molecular formula is C22H18OS. The summed E-state index contributed by atoms with van der Waals surface area (Å²) in [7, 11) is 0. The first kappa shape index (κ1) is 15.2. The van der Waals surface area contributed by atoms with Crippen LogP contribution in [0.3, 0.4) is 0 Å². The third-order valence-corrected chi connectivity index (χ3v) is 5.89. The lowest BCUT2D eigenvalue weighted by molar-refractivity contribution is 0.0972. The summed E-state index contributed by atoms with van der Waals surface area (Å²) in [4.78, 5) is 14.2. The Morgan fingerprint density at radius 3 is 2.21 bits per heavy atom. The fraction of sp³-hybridized carbons (Fsp3) is 0.136. The molecule has 2 atom stereocenters. The second kappa shape index (κ2) is 6.29. The van der Waals surface area contributed by atoms with Gasteiger partial charge in [-0.05, 0) is 30.2 Å². The van der Waals surface area contributed by atoms with E-state index in [1.54, 1.807) is 11.8 Å². The van der Waals surface area contributed by atoms with Crippen LogP contribution in [0.25, 0.3) is 0 Å². The van der Waals surface area contributed by atoms with Crippen LogP contribution in [0.1, 0.15) is 38.2 Å². The zero-order valence-electron chi connectivity index (χ0n) is 13.5. The monoisotopic (exact) mass is 330 g/mol. The summed E-state index contributed by atoms with van der Waals surface area (Å²) in [5.41, 5.74) is 4.38. The van der Waals surface area contributed by atoms with Crippen LogP contribution in [0.4, 0.5) is 0 Å². The predicted molar refractivity (Wildman–Crippen MR) is 99.7 cm³/mol. The lowest BCUT2D eigenvalue weighted by Crippen LogP contribution is -2.09. The van der Waals surface area contributed by atoms with Crippen LogP contribution in [-0.4, -0.2) is 5.78 Å². The van der Waals surface area contributed by atoms with E-state index in [1.165, 1.54) is 10.5 Å². The van der Waals surface area contributed by atoms with Gasteiger partial charge < -0.3 is 0 Å². The third kappa shape index (κ3) is 2.67. The maximum absolute atomic E-state index is 13.0. The molecule has 0 saturated carbocycles. The third-order valence-electron chi connectivity index (χ3n) is 4.56. The summed E-state index contributed by atoms with van der Waals surface area (Å²) >= 11 is 1.79. The number of carbonyl (C=O) groups excluding carboxylic acids is 1. The maximum atomic E-state index is 13.0. The Bertz CT molecular complexity index is 868. The minimum Gasteiger partial charge on any atom is -0.293 e. The van der Waals surface area contributed by atoms with Crippen LogP contribution in [0.2, 0.25) is 0 Å². The molecule has 0 heterocycles. The minimum absolute atomic E-state index is 0.116. The standard InChI is InChI=1S/C22H18OS/c1-15-11-13-17(14-12-15)24-22-19-10-6-5-9-18(19)21(23)20(22)16-7-3-2-4-8-16/h2-14,20,22H,1H3. The number of fused-ring (bicyclic) bond motifs is 1. The van der Waals surface area contributed by atoms with Crippen molar-refractivity contribution in [3.8, 4) is 0 Å². The van der Waals surface area contributed by atoms with E-state index >= 15 is 0 Å². The van der Waals surface area contributed by atoms with E-state index in [9.17, 15) is 4.79 Å². The number of benzene rings is 3. The van der Waals surface area contributed by atoms with Gasteiger partial charge in [0.25, 0.3) is 0 Å². The molecule has 24 heavy (non-hydrogen) atoms. The van der Waals surface area contributed by atoms with Gasteiger partial charge in [-0.1, -0.05) is 72.3 Å². The van der Waals surface area contributed by atoms with Gasteiger partial charge in [-0.25, -0.2) is 0 Å². The van der Waals surface area contributed by atoms with Crippen LogP contribution in [0.5, 0.6) is 0 Å². The van der Waals surface area contributed by atoms with Gasteiger partial charge in [0, 0.05) is 15.7 Å². The van der Waals surface area contributed by atoms with Crippen LogP contribution in [0.15, 0.2) is 83.8 Å². The first-order valence-corrected chi connectivity index (χ1v) is 9.03. The van der Waals surface area contributed by atoms with Crippen LogP contribution in [0, 0.1) is 6.92 Å². The summed E-state index contributed by atoms with van der Waals surface area (Å²) < 4.78 is 0. The van der Waals surface area contributed by atoms with Crippen molar-refractivity contribution < 1.29 is 4.79 Å². The number of carbonyl (C=O) groups is 1. The van der Waals surface area contributed by atoms with Gasteiger partial charge in [0.15, 0.2) is 5.78 Å². The minimum atomic E-state index is -0.116. The Kier molecular flexibility index (Phi) is 3.99. The van der Waals surface area contributed by atoms with Gasteiger partial charge >= 0.3 is 0 Å². The molecule has 0 aromatic heterocycles. The number of hydrogen-bond acceptors (Lipinski definition) is 2. The first-order valence-electron chi connectivity index (χ1n) is 8.15. The quantitative estimate of drug-likeness (QED) is 0.603. The molecule has 3 aromatic rings. The molecule has 0 aliphatic heterocycles. The van der Waals surface area contributed by atoms with E-state index in [0.717, 1.165) is 16.7 Å². The average molecular weight is 330 g/mol. The molecule has 0 saturated heterocycles. The van der Waals surface area contributed by atoms with Gasteiger partial charge in [-0.15, -0.1) is 11.8 Å². The molecule has 2 unspecified atom stereocenters. The van der Waals surface area contributed by atoms with Crippen molar-refractivity contribution >= 4 is 17.5 Å². The highest BCUT2D eigenvalue weighted by Crippen LogP contribution is 2.52. The zero-order chi connectivity index (χ0) is 16.5. The Hall–Kier alpha value is -2.32. The average Bonchev–Trinajstić information content (AvgIpc) is 2.90. The molecule has 1 aliphatic rings. The van der Waals surface area contributed by atoms with Crippen molar-refractivity contribution in [1.29, 1.82) is 0 Å². The van der Waals surface area contributed by atoms with Crippen molar-refractivity contribution in [2.75, 3.05) is 0 Å². The van der Waals surface area contributed by atoms with Crippen molar-refractivity contribution in [3.05, 3.63) is 101 Å². The highest BCUT2D eigenvalue weighted by molar-refractivity contribution is 7.99.